The van der Waals surface area contributed by atoms with Crippen molar-refractivity contribution in [3.05, 3.63) is 59.5 Å². The van der Waals surface area contributed by atoms with Crippen LogP contribution in [0.15, 0.2) is 42.6 Å². The molecule has 1 aromatic heterocycles. The lowest BCUT2D eigenvalue weighted by Crippen LogP contribution is -2.13. The molecule has 4 nitrogen and oxygen atoms in total. The average Bonchev–Trinajstić information content (AvgIpc) is 2.47. The number of hydrogen-bond acceptors (Lipinski definition) is 3. The maximum absolute atomic E-state index is 13.7. The number of pyridine rings is 1. The number of aromatic nitrogens is 1. The second-order valence-corrected chi connectivity index (χ2v) is 3.87. The van der Waals surface area contributed by atoms with Crippen molar-refractivity contribution >= 4 is 11.7 Å². The summed E-state index contributed by atoms with van der Waals surface area (Å²) in [6, 6.07) is 9.22. The molecule has 0 saturated heterocycles. The maximum atomic E-state index is 13.7. The van der Waals surface area contributed by atoms with Gasteiger partial charge in [0, 0.05) is 11.8 Å². The van der Waals surface area contributed by atoms with Crippen molar-refractivity contribution < 1.29 is 9.18 Å². The molecule has 5 heteroatoms. The number of hydrogen-bond donors (Lipinski definition) is 2. The van der Waals surface area contributed by atoms with Crippen LogP contribution in [0.4, 0.5) is 10.2 Å². The van der Waals surface area contributed by atoms with E-state index in [0.29, 0.717) is 5.82 Å². The largest absolute Gasteiger partial charge is 0.320 e. The Kier molecular flexibility index (Phi) is 4.43. The third-order valence-corrected chi connectivity index (χ3v) is 2.46. The number of nitrogens with zero attached hydrogens (tertiary/aromatic N) is 1. The molecule has 0 aliphatic carbocycles. The predicted octanol–water partition coefficient (Wildman–Crippen LogP) is 1.78. The molecule has 0 fully saturated rings. The Morgan fingerprint density at radius 1 is 1.35 bits per heavy atom. The lowest BCUT2D eigenvalue weighted by atomic mass is 10.1. The van der Waals surface area contributed by atoms with Gasteiger partial charge in [0.1, 0.15) is 11.6 Å². The van der Waals surface area contributed by atoms with Crippen molar-refractivity contribution in [2.24, 2.45) is 5.73 Å². The zero-order valence-electron chi connectivity index (χ0n) is 10.6. The monoisotopic (exact) mass is 269 g/mol. The van der Waals surface area contributed by atoms with E-state index in [1.165, 1.54) is 12.1 Å². The normalized spacial score (nSPS) is 9.50. The van der Waals surface area contributed by atoms with Crippen LogP contribution in [-0.2, 0) is 0 Å². The SMILES string of the molecule is NCC#Cc1ccc(C(=O)Nc2ccccn2)cc1F. The van der Waals surface area contributed by atoms with Gasteiger partial charge in [0.25, 0.3) is 5.91 Å². The van der Waals surface area contributed by atoms with Gasteiger partial charge in [-0.2, -0.15) is 0 Å². The number of carbonyl (C=O) groups is 1. The van der Waals surface area contributed by atoms with Crippen molar-refractivity contribution in [1.29, 1.82) is 0 Å². The third kappa shape index (κ3) is 3.40. The van der Waals surface area contributed by atoms with Gasteiger partial charge in [-0.15, -0.1) is 0 Å². The first kappa shape index (κ1) is 13.7. The molecule has 0 aliphatic heterocycles. The fourth-order valence-corrected chi connectivity index (χ4v) is 1.53. The molecule has 0 unspecified atom stereocenters. The van der Waals surface area contributed by atoms with Gasteiger partial charge >= 0.3 is 0 Å². The van der Waals surface area contributed by atoms with E-state index in [4.69, 9.17) is 5.73 Å². The number of nitrogens with one attached hydrogen (secondary N) is 1. The van der Waals surface area contributed by atoms with E-state index in [-0.39, 0.29) is 17.7 Å². The second-order valence-electron chi connectivity index (χ2n) is 3.87. The smallest absolute Gasteiger partial charge is 0.256 e. The molecule has 1 amide bonds. The van der Waals surface area contributed by atoms with Gasteiger partial charge in [0.05, 0.1) is 12.1 Å². The molecule has 1 aromatic carbocycles. The van der Waals surface area contributed by atoms with E-state index in [0.717, 1.165) is 6.07 Å². The number of benzene rings is 1. The molecule has 0 radical (unpaired) electrons. The lowest BCUT2D eigenvalue weighted by Gasteiger charge is -2.04. The molecule has 2 rings (SSSR count). The number of halogens is 1. The summed E-state index contributed by atoms with van der Waals surface area (Å²) in [6.07, 6.45) is 1.56. The van der Waals surface area contributed by atoms with E-state index in [1.54, 1.807) is 24.4 Å². The highest BCUT2D eigenvalue weighted by Gasteiger charge is 2.09. The molecule has 1 heterocycles. The van der Waals surface area contributed by atoms with E-state index in [9.17, 15) is 9.18 Å². The zero-order valence-corrected chi connectivity index (χ0v) is 10.6. The summed E-state index contributed by atoms with van der Waals surface area (Å²) in [6.45, 7) is 0.154. The Balaban J connectivity index is 2.17. The minimum Gasteiger partial charge on any atom is -0.320 e. The first-order valence-corrected chi connectivity index (χ1v) is 5.91. The van der Waals surface area contributed by atoms with Crippen molar-refractivity contribution in [3.63, 3.8) is 0 Å². The van der Waals surface area contributed by atoms with Crippen LogP contribution in [0.1, 0.15) is 15.9 Å². The molecule has 2 aromatic rings. The number of rotatable bonds is 2. The number of anilines is 1. The summed E-state index contributed by atoms with van der Waals surface area (Å²) >= 11 is 0. The van der Waals surface area contributed by atoms with Crippen molar-refractivity contribution in [2.45, 2.75) is 0 Å². The van der Waals surface area contributed by atoms with Crippen LogP contribution in [0.25, 0.3) is 0 Å². The number of amides is 1. The van der Waals surface area contributed by atoms with E-state index >= 15 is 0 Å². The predicted molar refractivity (Wildman–Crippen MR) is 74.5 cm³/mol. The minimum atomic E-state index is -0.556. The van der Waals surface area contributed by atoms with Crippen LogP contribution in [0.2, 0.25) is 0 Å². The van der Waals surface area contributed by atoms with E-state index in [2.05, 4.69) is 22.1 Å². The van der Waals surface area contributed by atoms with Crippen LogP contribution < -0.4 is 11.1 Å². The molecular formula is C15H12FN3O. The van der Waals surface area contributed by atoms with Gasteiger partial charge < -0.3 is 11.1 Å². The second kappa shape index (κ2) is 6.45. The average molecular weight is 269 g/mol. The summed E-state index contributed by atoms with van der Waals surface area (Å²) in [4.78, 5) is 15.9. The molecule has 0 bridgehead atoms. The standard InChI is InChI=1S/C15H12FN3O/c16-13-10-12(7-6-11(13)4-3-8-17)15(20)19-14-5-1-2-9-18-14/h1-2,5-7,9-10H,8,17H2,(H,18,19,20). The Morgan fingerprint density at radius 2 is 2.20 bits per heavy atom. The number of carbonyl (C=O) groups excluding carboxylic acids is 1. The first-order chi connectivity index (χ1) is 9.70. The fraction of sp³-hybridized carbons (Fsp3) is 0.0667. The van der Waals surface area contributed by atoms with Crippen molar-refractivity contribution in [1.82, 2.24) is 4.98 Å². The van der Waals surface area contributed by atoms with Gasteiger partial charge in [-0.3, -0.25) is 4.79 Å². The Bertz CT molecular complexity index is 675. The van der Waals surface area contributed by atoms with Crippen molar-refractivity contribution in [2.75, 3.05) is 11.9 Å². The van der Waals surface area contributed by atoms with Crippen LogP contribution in [0.5, 0.6) is 0 Å². The third-order valence-electron chi connectivity index (χ3n) is 2.46. The highest BCUT2D eigenvalue weighted by molar-refractivity contribution is 6.03. The summed E-state index contributed by atoms with van der Waals surface area (Å²) in [5.41, 5.74) is 5.64. The topological polar surface area (TPSA) is 68.0 Å². The quantitative estimate of drug-likeness (QED) is 0.817. The zero-order chi connectivity index (χ0) is 14.4. The van der Waals surface area contributed by atoms with Gasteiger partial charge in [0.15, 0.2) is 0 Å². The highest BCUT2D eigenvalue weighted by atomic mass is 19.1. The maximum Gasteiger partial charge on any atom is 0.256 e. The van der Waals surface area contributed by atoms with Crippen LogP contribution in [-0.4, -0.2) is 17.4 Å². The first-order valence-electron chi connectivity index (χ1n) is 5.91. The van der Waals surface area contributed by atoms with E-state index < -0.39 is 11.7 Å². The van der Waals surface area contributed by atoms with Gasteiger partial charge in [0.2, 0.25) is 0 Å². The summed E-state index contributed by atoms with van der Waals surface area (Å²) in [7, 11) is 0. The highest BCUT2D eigenvalue weighted by Crippen LogP contribution is 2.11. The van der Waals surface area contributed by atoms with Gasteiger partial charge in [-0.05, 0) is 30.3 Å². The Morgan fingerprint density at radius 3 is 2.85 bits per heavy atom. The van der Waals surface area contributed by atoms with Gasteiger partial charge in [-0.1, -0.05) is 17.9 Å². The molecule has 0 saturated carbocycles. The molecule has 100 valence electrons. The van der Waals surface area contributed by atoms with Crippen LogP contribution in [0.3, 0.4) is 0 Å². The summed E-state index contributed by atoms with van der Waals surface area (Å²) in [5.74, 6) is 4.58. The Hall–Kier alpha value is -2.71. The minimum absolute atomic E-state index is 0.154. The Labute approximate surface area is 115 Å². The lowest BCUT2D eigenvalue weighted by molar-refractivity contribution is 0.102. The number of nitrogens with two attached hydrogens (primary N) is 1. The van der Waals surface area contributed by atoms with E-state index in [1.807, 2.05) is 0 Å². The van der Waals surface area contributed by atoms with Gasteiger partial charge in [-0.25, -0.2) is 9.37 Å². The fourth-order valence-electron chi connectivity index (χ4n) is 1.53. The summed E-state index contributed by atoms with van der Waals surface area (Å²) in [5, 5.41) is 2.58. The molecular weight excluding hydrogens is 257 g/mol. The van der Waals surface area contributed by atoms with Crippen LogP contribution in [0, 0.1) is 17.7 Å². The molecule has 0 spiro atoms. The van der Waals surface area contributed by atoms with Crippen molar-refractivity contribution in [3.8, 4) is 11.8 Å². The summed E-state index contributed by atoms with van der Waals surface area (Å²) < 4.78 is 13.7. The molecule has 0 atom stereocenters. The molecule has 20 heavy (non-hydrogen) atoms. The van der Waals surface area contributed by atoms with Crippen LogP contribution >= 0.6 is 0 Å². The molecule has 0 aliphatic rings. The molecule has 3 N–H and O–H groups in total.